The Morgan fingerprint density at radius 1 is 1.25 bits per heavy atom. The molecule has 3 nitrogen and oxygen atoms in total. The van der Waals surface area contributed by atoms with E-state index in [-0.39, 0.29) is 11.8 Å². The molecule has 0 radical (unpaired) electrons. The van der Waals surface area contributed by atoms with Crippen LogP contribution >= 0.6 is 0 Å². The SMILES string of the molecule is CC(C)C1CCN(C(=O)C(CN)c2ccccc2)CC1. The molecule has 1 unspecified atom stereocenters. The van der Waals surface area contributed by atoms with Gasteiger partial charge in [0.05, 0.1) is 5.92 Å². The minimum absolute atomic E-state index is 0.188. The van der Waals surface area contributed by atoms with E-state index >= 15 is 0 Å². The van der Waals surface area contributed by atoms with E-state index < -0.39 is 0 Å². The van der Waals surface area contributed by atoms with Crippen molar-refractivity contribution in [3.05, 3.63) is 35.9 Å². The number of piperidine rings is 1. The van der Waals surface area contributed by atoms with Crippen molar-refractivity contribution >= 4 is 5.91 Å². The monoisotopic (exact) mass is 274 g/mol. The first-order valence-corrected chi connectivity index (χ1v) is 7.67. The van der Waals surface area contributed by atoms with Gasteiger partial charge >= 0.3 is 0 Å². The summed E-state index contributed by atoms with van der Waals surface area (Å²) in [6.07, 6.45) is 2.24. The second-order valence-electron chi connectivity index (χ2n) is 6.11. The molecule has 1 atom stereocenters. The third kappa shape index (κ3) is 3.40. The van der Waals surface area contributed by atoms with Gasteiger partial charge in [-0.05, 0) is 30.2 Å². The molecule has 0 bridgehead atoms. The molecule has 1 amide bonds. The van der Waals surface area contributed by atoms with Crippen molar-refractivity contribution in [3.63, 3.8) is 0 Å². The van der Waals surface area contributed by atoms with Crippen molar-refractivity contribution in [2.24, 2.45) is 17.6 Å². The molecule has 3 heteroatoms. The fraction of sp³-hybridized carbons (Fsp3) is 0.588. The summed E-state index contributed by atoms with van der Waals surface area (Å²) in [7, 11) is 0. The number of carbonyl (C=O) groups is 1. The van der Waals surface area contributed by atoms with Gasteiger partial charge in [0, 0.05) is 19.6 Å². The Balaban J connectivity index is 2.00. The molecule has 1 fully saturated rings. The van der Waals surface area contributed by atoms with Gasteiger partial charge in [0.25, 0.3) is 0 Å². The summed E-state index contributed by atoms with van der Waals surface area (Å²) in [4.78, 5) is 14.7. The van der Waals surface area contributed by atoms with Crippen LogP contribution in [0.5, 0.6) is 0 Å². The Morgan fingerprint density at radius 3 is 2.35 bits per heavy atom. The predicted molar refractivity (Wildman–Crippen MR) is 82.4 cm³/mol. The summed E-state index contributed by atoms with van der Waals surface area (Å²) in [5.41, 5.74) is 6.87. The Labute approximate surface area is 122 Å². The van der Waals surface area contributed by atoms with E-state index in [0.717, 1.165) is 37.4 Å². The van der Waals surface area contributed by atoms with Crippen molar-refractivity contribution in [2.45, 2.75) is 32.6 Å². The Hall–Kier alpha value is -1.35. The summed E-state index contributed by atoms with van der Waals surface area (Å²) in [5.74, 6) is 1.48. The van der Waals surface area contributed by atoms with Gasteiger partial charge < -0.3 is 10.6 Å². The maximum atomic E-state index is 12.7. The van der Waals surface area contributed by atoms with Crippen molar-refractivity contribution in [1.82, 2.24) is 4.90 Å². The molecule has 2 rings (SSSR count). The Morgan fingerprint density at radius 2 is 1.85 bits per heavy atom. The van der Waals surface area contributed by atoms with Crippen LogP contribution in [-0.2, 0) is 4.79 Å². The normalized spacial score (nSPS) is 18.3. The average molecular weight is 274 g/mol. The zero-order valence-electron chi connectivity index (χ0n) is 12.6. The van der Waals surface area contributed by atoms with Gasteiger partial charge in [-0.3, -0.25) is 4.79 Å². The van der Waals surface area contributed by atoms with E-state index in [0.29, 0.717) is 12.5 Å². The van der Waals surface area contributed by atoms with Crippen LogP contribution in [0.1, 0.15) is 38.2 Å². The van der Waals surface area contributed by atoms with Gasteiger partial charge in [0.2, 0.25) is 5.91 Å². The quantitative estimate of drug-likeness (QED) is 0.917. The minimum atomic E-state index is -0.188. The zero-order chi connectivity index (χ0) is 14.5. The van der Waals surface area contributed by atoms with E-state index in [1.807, 2.05) is 35.2 Å². The maximum absolute atomic E-state index is 12.7. The molecule has 0 aromatic heterocycles. The molecule has 0 saturated carbocycles. The van der Waals surface area contributed by atoms with Crippen LogP contribution in [0.25, 0.3) is 0 Å². The molecule has 0 aliphatic carbocycles. The van der Waals surface area contributed by atoms with Crippen LogP contribution in [0.15, 0.2) is 30.3 Å². The van der Waals surface area contributed by atoms with Crippen molar-refractivity contribution in [2.75, 3.05) is 19.6 Å². The minimum Gasteiger partial charge on any atom is -0.342 e. The number of benzene rings is 1. The number of hydrogen-bond donors (Lipinski definition) is 1. The second kappa shape index (κ2) is 6.89. The average Bonchev–Trinajstić information content (AvgIpc) is 2.49. The lowest BCUT2D eigenvalue weighted by Gasteiger charge is -2.35. The molecule has 2 N–H and O–H groups in total. The van der Waals surface area contributed by atoms with E-state index in [1.165, 1.54) is 0 Å². The molecular weight excluding hydrogens is 248 g/mol. The van der Waals surface area contributed by atoms with Crippen molar-refractivity contribution in [3.8, 4) is 0 Å². The first-order chi connectivity index (χ1) is 9.63. The first kappa shape index (κ1) is 15.0. The number of amides is 1. The molecule has 110 valence electrons. The number of rotatable bonds is 4. The molecule has 1 aliphatic heterocycles. The Bertz CT molecular complexity index is 422. The smallest absolute Gasteiger partial charge is 0.231 e. The van der Waals surface area contributed by atoms with Gasteiger partial charge in [-0.2, -0.15) is 0 Å². The van der Waals surface area contributed by atoms with E-state index in [4.69, 9.17) is 5.73 Å². The lowest BCUT2D eigenvalue weighted by atomic mass is 9.86. The number of likely N-dealkylation sites (tertiary alicyclic amines) is 1. The van der Waals surface area contributed by atoms with Gasteiger partial charge in [-0.1, -0.05) is 44.2 Å². The van der Waals surface area contributed by atoms with Gasteiger partial charge in [0.15, 0.2) is 0 Å². The van der Waals surface area contributed by atoms with Crippen LogP contribution in [0, 0.1) is 11.8 Å². The number of hydrogen-bond acceptors (Lipinski definition) is 2. The molecular formula is C17H26N2O. The van der Waals surface area contributed by atoms with Crippen molar-refractivity contribution in [1.29, 1.82) is 0 Å². The van der Waals surface area contributed by atoms with Gasteiger partial charge in [-0.25, -0.2) is 0 Å². The summed E-state index contributed by atoms with van der Waals surface area (Å²) < 4.78 is 0. The van der Waals surface area contributed by atoms with Gasteiger partial charge in [-0.15, -0.1) is 0 Å². The third-order valence-electron chi connectivity index (χ3n) is 4.53. The first-order valence-electron chi connectivity index (χ1n) is 7.67. The molecule has 1 saturated heterocycles. The van der Waals surface area contributed by atoms with E-state index in [9.17, 15) is 4.79 Å². The highest BCUT2D eigenvalue weighted by Crippen LogP contribution is 2.26. The summed E-state index contributed by atoms with van der Waals surface area (Å²) in [6, 6.07) is 9.90. The fourth-order valence-corrected chi connectivity index (χ4v) is 3.07. The van der Waals surface area contributed by atoms with Crippen LogP contribution in [0.2, 0.25) is 0 Å². The third-order valence-corrected chi connectivity index (χ3v) is 4.53. The highest BCUT2D eigenvalue weighted by molar-refractivity contribution is 5.84. The summed E-state index contributed by atoms with van der Waals surface area (Å²) in [6.45, 7) is 6.69. The van der Waals surface area contributed by atoms with E-state index in [1.54, 1.807) is 0 Å². The van der Waals surface area contributed by atoms with Gasteiger partial charge in [0.1, 0.15) is 0 Å². The highest BCUT2D eigenvalue weighted by Gasteiger charge is 2.29. The summed E-state index contributed by atoms with van der Waals surface area (Å²) in [5, 5.41) is 0. The van der Waals surface area contributed by atoms with Crippen molar-refractivity contribution < 1.29 is 4.79 Å². The lowest BCUT2D eigenvalue weighted by Crippen LogP contribution is -2.43. The lowest BCUT2D eigenvalue weighted by molar-refractivity contribution is -0.134. The molecule has 1 heterocycles. The van der Waals surface area contributed by atoms with Crippen LogP contribution in [-0.4, -0.2) is 30.4 Å². The molecule has 20 heavy (non-hydrogen) atoms. The van der Waals surface area contributed by atoms with Crippen LogP contribution in [0.4, 0.5) is 0 Å². The fourth-order valence-electron chi connectivity index (χ4n) is 3.07. The van der Waals surface area contributed by atoms with Crippen LogP contribution in [0.3, 0.4) is 0 Å². The van der Waals surface area contributed by atoms with E-state index in [2.05, 4.69) is 13.8 Å². The zero-order valence-corrected chi connectivity index (χ0v) is 12.6. The molecule has 1 aromatic rings. The second-order valence-corrected chi connectivity index (χ2v) is 6.11. The molecule has 1 aromatic carbocycles. The van der Waals surface area contributed by atoms with Crippen LogP contribution < -0.4 is 5.73 Å². The topological polar surface area (TPSA) is 46.3 Å². The molecule has 1 aliphatic rings. The number of carbonyl (C=O) groups excluding carboxylic acids is 1. The predicted octanol–water partition coefficient (Wildman–Crippen LogP) is 2.62. The number of nitrogens with two attached hydrogens (primary N) is 1. The number of nitrogens with zero attached hydrogens (tertiary/aromatic N) is 1. The largest absolute Gasteiger partial charge is 0.342 e. The Kier molecular flexibility index (Phi) is 5.18. The molecule has 0 spiro atoms. The summed E-state index contributed by atoms with van der Waals surface area (Å²) >= 11 is 0. The highest BCUT2D eigenvalue weighted by atomic mass is 16.2. The maximum Gasteiger partial charge on any atom is 0.231 e. The standard InChI is InChI=1S/C17H26N2O/c1-13(2)14-8-10-19(11-9-14)17(20)16(12-18)15-6-4-3-5-7-15/h3-7,13-14,16H,8-12,18H2,1-2H3.